The topological polar surface area (TPSA) is 57.3 Å². The highest BCUT2D eigenvalue weighted by molar-refractivity contribution is 9.10. The lowest BCUT2D eigenvalue weighted by Gasteiger charge is -2.24. The molecule has 0 bridgehead atoms. The number of pyridine rings is 1. The number of likely N-dealkylation sites (tertiary alicyclic amines) is 1. The van der Waals surface area contributed by atoms with Crippen LogP contribution in [0.2, 0.25) is 0 Å². The van der Waals surface area contributed by atoms with Crippen molar-refractivity contribution in [2.45, 2.75) is 25.8 Å². The summed E-state index contributed by atoms with van der Waals surface area (Å²) in [4.78, 5) is 18.9. The second-order valence-electron chi connectivity index (χ2n) is 5.10. The quantitative estimate of drug-likeness (QED) is 0.861. The number of hydrogen-bond acceptors (Lipinski definition) is 4. The van der Waals surface area contributed by atoms with Crippen LogP contribution in [-0.4, -0.2) is 48.5 Å². The van der Waals surface area contributed by atoms with Crippen LogP contribution in [0.1, 0.15) is 30.1 Å². The number of nitrogens with zero attached hydrogens (tertiary/aromatic N) is 2. The number of carbonyl (C=O) groups is 1. The van der Waals surface area contributed by atoms with E-state index in [0.717, 1.165) is 17.6 Å². The minimum Gasteiger partial charge on any atom is -0.372 e. The van der Waals surface area contributed by atoms with Crippen LogP contribution in [0.25, 0.3) is 0 Å². The normalized spacial score (nSPS) is 16.9. The highest BCUT2D eigenvalue weighted by atomic mass is 79.9. The van der Waals surface area contributed by atoms with E-state index in [1.807, 2.05) is 0 Å². The van der Waals surface area contributed by atoms with E-state index in [9.17, 15) is 4.79 Å². The number of hydrogen-bond donors (Lipinski definition) is 2. The van der Waals surface area contributed by atoms with Gasteiger partial charge < -0.3 is 10.6 Å². The molecule has 1 fully saturated rings. The Labute approximate surface area is 128 Å². The summed E-state index contributed by atoms with van der Waals surface area (Å²) in [5.74, 6) is 0.508. The van der Waals surface area contributed by atoms with Crippen LogP contribution in [0, 0.1) is 0 Å². The highest BCUT2D eigenvalue weighted by Crippen LogP contribution is 2.17. The lowest BCUT2D eigenvalue weighted by molar-refractivity contribution is 0.0941. The molecule has 1 aliphatic heterocycles. The maximum Gasteiger partial charge on any atom is 0.255 e. The number of aromatic nitrogens is 1. The van der Waals surface area contributed by atoms with E-state index in [4.69, 9.17) is 0 Å². The average molecular weight is 341 g/mol. The van der Waals surface area contributed by atoms with Gasteiger partial charge in [-0.1, -0.05) is 0 Å². The standard InChI is InChI=1S/C14H21BrN4O/c1-10(19-5-3-4-6-19)8-18-14(20)12-7-11(15)9-17-13(12)16-2/h7,9-10H,3-6,8H2,1-2H3,(H,16,17)(H,18,20). The van der Waals surface area contributed by atoms with E-state index in [-0.39, 0.29) is 5.91 Å². The Hall–Kier alpha value is -1.14. The van der Waals surface area contributed by atoms with Crippen molar-refractivity contribution in [3.8, 4) is 0 Å². The van der Waals surface area contributed by atoms with Crippen molar-refractivity contribution in [3.05, 3.63) is 22.3 Å². The third-order valence-electron chi connectivity index (χ3n) is 3.66. The third-order valence-corrected chi connectivity index (χ3v) is 4.09. The van der Waals surface area contributed by atoms with Crippen LogP contribution in [-0.2, 0) is 0 Å². The molecule has 0 saturated carbocycles. The summed E-state index contributed by atoms with van der Waals surface area (Å²) < 4.78 is 0.800. The van der Waals surface area contributed by atoms with E-state index < -0.39 is 0 Å². The molecule has 0 radical (unpaired) electrons. The Morgan fingerprint density at radius 2 is 2.20 bits per heavy atom. The maximum atomic E-state index is 12.3. The van der Waals surface area contributed by atoms with E-state index in [1.54, 1.807) is 19.3 Å². The molecule has 2 heterocycles. The van der Waals surface area contributed by atoms with Gasteiger partial charge in [0, 0.05) is 30.3 Å². The fourth-order valence-electron chi connectivity index (χ4n) is 2.46. The van der Waals surface area contributed by atoms with Crippen molar-refractivity contribution in [2.24, 2.45) is 0 Å². The minimum absolute atomic E-state index is 0.0887. The van der Waals surface area contributed by atoms with Crippen molar-refractivity contribution in [2.75, 3.05) is 32.0 Å². The lowest BCUT2D eigenvalue weighted by atomic mass is 10.2. The summed E-state index contributed by atoms with van der Waals surface area (Å²) >= 11 is 3.35. The molecule has 1 aromatic rings. The maximum absolute atomic E-state index is 12.3. The number of amides is 1. The molecule has 1 aromatic heterocycles. The Kier molecular flexibility index (Phi) is 5.37. The first kappa shape index (κ1) is 15.3. The van der Waals surface area contributed by atoms with E-state index >= 15 is 0 Å². The van der Waals surface area contributed by atoms with Gasteiger partial charge in [-0.05, 0) is 54.9 Å². The van der Waals surface area contributed by atoms with Gasteiger partial charge in [-0.2, -0.15) is 0 Å². The molecule has 20 heavy (non-hydrogen) atoms. The fourth-order valence-corrected chi connectivity index (χ4v) is 2.79. The number of nitrogens with one attached hydrogen (secondary N) is 2. The van der Waals surface area contributed by atoms with Gasteiger partial charge in [0.05, 0.1) is 5.56 Å². The van der Waals surface area contributed by atoms with Crippen LogP contribution in [0.15, 0.2) is 16.7 Å². The molecule has 1 saturated heterocycles. The third kappa shape index (κ3) is 3.70. The molecule has 5 nitrogen and oxygen atoms in total. The first-order valence-electron chi connectivity index (χ1n) is 6.97. The van der Waals surface area contributed by atoms with E-state index in [1.165, 1.54) is 12.8 Å². The van der Waals surface area contributed by atoms with Gasteiger partial charge in [0.25, 0.3) is 5.91 Å². The SMILES string of the molecule is CNc1ncc(Br)cc1C(=O)NCC(C)N1CCCC1. The Morgan fingerprint density at radius 1 is 1.50 bits per heavy atom. The van der Waals surface area contributed by atoms with Crippen LogP contribution in [0.3, 0.4) is 0 Å². The van der Waals surface area contributed by atoms with Gasteiger partial charge in [0.15, 0.2) is 0 Å². The molecule has 1 amide bonds. The van der Waals surface area contributed by atoms with Crippen LogP contribution in [0.4, 0.5) is 5.82 Å². The molecule has 0 aromatic carbocycles. The van der Waals surface area contributed by atoms with E-state index in [2.05, 4.69) is 43.4 Å². The van der Waals surface area contributed by atoms with Gasteiger partial charge >= 0.3 is 0 Å². The summed E-state index contributed by atoms with van der Waals surface area (Å²) in [6, 6.07) is 2.16. The van der Waals surface area contributed by atoms with Crippen molar-refractivity contribution < 1.29 is 4.79 Å². The van der Waals surface area contributed by atoms with Crippen molar-refractivity contribution in [3.63, 3.8) is 0 Å². The summed E-state index contributed by atoms with van der Waals surface area (Å²) in [6.45, 7) is 5.09. The smallest absolute Gasteiger partial charge is 0.255 e. The number of anilines is 1. The number of rotatable bonds is 5. The second kappa shape index (κ2) is 7.04. The summed E-state index contributed by atoms with van der Waals surface area (Å²) in [6.07, 6.45) is 4.20. The molecule has 1 atom stereocenters. The predicted molar refractivity (Wildman–Crippen MR) is 84.1 cm³/mol. The van der Waals surface area contributed by atoms with Crippen LogP contribution >= 0.6 is 15.9 Å². The fraction of sp³-hybridized carbons (Fsp3) is 0.571. The first-order chi connectivity index (χ1) is 9.61. The zero-order chi connectivity index (χ0) is 14.5. The Balaban J connectivity index is 1.95. The van der Waals surface area contributed by atoms with Crippen LogP contribution < -0.4 is 10.6 Å². The number of carbonyl (C=O) groups excluding carboxylic acids is 1. The second-order valence-corrected chi connectivity index (χ2v) is 6.02. The van der Waals surface area contributed by atoms with Gasteiger partial charge in [-0.3, -0.25) is 9.69 Å². The first-order valence-corrected chi connectivity index (χ1v) is 7.76. The van der Waals surface area contributed by atoms with Gasteiger partial charge in [0.1, 0.15) is 5.82 Å². The molecule has 0 aliphatic carbocycles. The summed E-state index contributed by atoms with van der Waals surface area (Å²) in [5, 5.41) is 5.94. The molecular weight excluding hydrogens is 320 g/mol. The zero-order valence-corrected chi connectivity index (χ0v) is 13.5. The Morgan fingerprint density at radius 3 is 2.85 bits per heavy atom. The molecule has 2 rings (SSSR count). The van der Waals surface area contributed by atoms with Gasteiger partial charge in [0.2, 0.25) is 0 Å². The van der Waals surface area contributed by atoms with Crippen molar-refractivity contribution >= 4 is 27.7 Å². The molecule has 0 spiro atoms. The largest absolute Gasteiger partial charge is 0.372 e. The molecule has 1 aliphatic rings. The zero-order valence-electron chi connectivity index (χ0n) is 11.9. The van der Waals surface area contributed by atoms with Crippen molar-refractivity contribution in [1.29, 1.82) is 0 Å². The van der Waals surface area contributed by atoms with Gasteiger partial charge in [-0.15, -0.1) is 0 Å². The van der Waals surface area contributed by atoms with E-state index in [0.29, 0.717) is 24.0 Å². The summed E-state index contributed by atoms with van der Waals surface area (Å²) in [5.41, 5.74) is 0.565. The van der Waals surface area contributed by atoms with Gasteiger partial charge in [-0.25, -0.2) is 4.98 Å². The molecule has 2 N–H and O–H groups in total. The lowest BCUT2D eigenvalue weighted by Crippen LogP contribution is -2.40. The molecule has 110 valence electrons. The van der Waals surface area contributed by atoms with Crippen molar-refractivity contribution in [1.82, 2.24) is 15.2 Å². The average Bonchev–Trinajstić information content (AvgIpc) is 2.98. The monoisotopic (exact) mass is 340 g/mol. The van der Waals surface area contributed by atoms with Crippen LogP contribution in [0.5, 0.6) is 0 Å². The highest BCUT2D eigenvalue weighted by Gasteiger charge is 2.19. The minimum atomic E-state index is -0.0887. The number of halogens is 1. The Bertz CT molecular complexity index is 474. The molecule has 1 unspecified atom stereocenters. The molecular formula is C14H21BrN4O. The summed E-state index contributed by atoms with van der Waals surface area (Å²) in [7, 11) is 1.76. The predicted octanol–water partition coefficient (Wildman–Crippen LogP) is 2.10. The molecule has 6 heteroatoms.